The van der Waals surface area contributed by atoms with Gasteiger partial charge in [0.2, 0.25) is 0 Å². The SMILES string of the molecule is CC/C=C\C/C=C\C/C=C\CCCCC(=O)OCC(COC(=O)CCC/C=C\C/C=C\C/C=C\C/C=C\CCCCC)OC(=O)CCCCCCCCC/C=C\C/C=C\CCCCC. The maximum Gasteiger partial charge on any atom is 0.306 e. The van der Waals surface area contributed by atoms with E-state index in [1.807, 2.05) is 0 Å². The molecule has 0 spiro atoms. The van der Waals surface area contributed by atoms with Crippen molar-refractivity contribution in [1.82, 2.24) is 0 Å². The summed E-state index contributed by atoms with van der Waals surface area (Å²) in [6.07, 6.45) is 69.4. The number of allylic oxidation sites excluding steroid dienone is 18. The van der Waals surface area contributed by atoms with E-state index < -0.39 is 6.10 Å². The summed E-state index contributed by atoms with van der Waals surface area (Å²) in [5.74, 6) is -1.03. The van der Waals surface area contributed by atoms with Crippen LogP contribution in [-0.4, -0.2) is 37.2 Å². The Kier molecular flexibility index (Phi) is 48.5. The number of hydrogen-bond acceptors (Lipinski definition) is 6. The molecule has 0 radical (unpaired) electrons. The van der Waals surface area contributed by atoms with E-state index in [9.17, 15) is 14.4 Å². The minimum atomic E-state index is -0.821. The lowest BCUT2D eigenvalue weighted by Crippen LogP contribution is -2.30. The molecule has 1 atom stereocenters. The van der Waals surface area contributed by atoms with Crippen molar-refractivity contribution in [3.63, 3.8) is 0 Å². The molecule has 6 heteroatoms. The zero-order valence-electron chi connectivity index (χ0n) is 41.3. The zero-order valence-corrected chi connectivity index (χ0v) is 41.3. The van der Waals surface area contributed by atoms with Crippen molar-refractivity contribution in [2.75, 3.05) is 13.2 Å². The molecule has 0 aromatic rings. The van der Waals surface area contributed by atoms with Gasteiger partial charge in [0.1, 0.15) is 13.2 Å². The highest BCUT2D eigenvalue weighted by Gasteiger charge is 2.19. The number of ether oxygens (including phenoxy) is 3. The van der Waals surface area contributed by atoms with Crippen molar-refractivity contribution in [1.29, 1.82) is 0 Å². The number of carbonyl (C=O) groups is 3. The summed E-state index contributed by atoms with van der Waals surface area (Å²) in [6, 6.07) is 0. The number of rotatable bonds is 45. The highest BCUT2D eigenvalue weighted by atomic mass is 16.6. The van der Waals surface area contributed by atoms with Crippen molar-refractivity contribution in [3.05, 3.63) is 109 Å². The van der Waals surface area contributed by atoms with Crippen LogP contribution in [0.25, 0.3) is 0 Å². The summed E-state index contributed by atoms with van der Waals surface area (Å²) in [5.41, 5.74) is 0. The van der Waals surface area contributed by atoms with Crippen LogP contribution in [0.4, 0.5) is 0 Å². The molecule has 362 valence electrons. The monoisotopic (exact) mass is 887 g/mol. The van der Waals surface area contributed by atoms with Crippen LogP contribution in [0.5, 0.6) is 0 Å². The molecule has 0 aromatic heterocycles. The molecule has 0 fully saturated rings. The Labute approximate surface area is 393 Å². The normalized spacial score (nSPS) is 13.0. The average Bonchev–Trinajstić information content (AvgIpc) is 3.29. The molecular weight excluding hydrogens is 793 g/mol. The van der Waals surface area contributed by atoms with Gasteiger partial charge in [-0.3, -0.25) is 14.4 Å². The molecule has 0 amide bonds. The molecular formula is C58H94O6. The highest BCUT2D eigenvalue weighted by Crippen LogP contribution is 2.13. The summed E-state index contributed by atoms with van der Waals surface area (Å²) < 4.78 is 16.7. The van der Waals surface area contributed by atoms with E-state index in [-0.39, 0.29) is 37.5 Å². The summed E-state index contributed by atoms with van der Waals surface area (Å²) in [6.45, 7) is 6.36. The molecule has 0 aliphatic heterocycles. The molecule has 0 saturated carbocycles. The van der Waals surface area contributed by atoms with E-state index in [0.717, 1.165) is 89.9 Å². The molecule has 0 aliphatic rings. The Morgan fingerprint density at radius 2 is 0.625 bits per heavy atom. The fourth-order valence-corrected chi connectivity index (χ4v) is 6.59. The van der Waals surface area contributed by atoms with Crippen LogP contribution in [-0.2, 0) is 28.6 Å². The van der Waals surface area contributed by atoms with Gasteiger partial charge >= 0.3 is 17.9 Å². The smallest absolute Gasteiger partial charge is 0.306 e. The Morgan fingerprint density at radius 1 is 0.328 bits per heavy atom. The van der Waals surface area contributed by atoms with Crippen LogP contribution in [0.1, 0.15) is 220 Å². The highest BCUT2D eigenvalue weighted by molar-refractivity contribution is 5.71. The fraction of sp³-hybridized carbons (Fsp3) is 0.638. The van der Waals surface area contributed by atoms with Gasteiger partial charge in [-0.2, -0.15) is 0 Å². The molecule has 64 heavy (non-hydrogen) atoms. The summed E-state index contributed by atoms with van der Waals surface area (Å²) in [7, 11) is 0. The molecule has 0 saturated heterocycles. The second kappa shape index (κ2) is 51.7. The van der Waals surface area contributed by atoms with Gasteiger partial charge in [0.15, 0.2) is 6.10 Å². The first-order valence-electron chi connectivity index (χ1n) is 25.9. The van der Waals surface area contributed by atoms with Crippen molar-refractivity contribution < 1.29 is 28.6 Å². The first kappa shape index (κ1) is 60.1. The third-order valence-electron chi connectivity index (χ3n) is 10.5. The van der Waals surface area contributed by atoms with E-state index in [0.29, 0.717) is 25.7 Å². The summed E-state index contributed by atoms with van der Waals surface area (Å²) >= 11 is 0. The minimum Gasteiger partial charge on any atom is -0.462 e. The topological polar surface area (TPSA) is 78.9 Å². The van der Waals surface area contributed by atoms with Crippen LogP contribution < -0.4 is 0 Å². The van der Waals surface area contributed by atoms with E-state index >= 15 is 0 Å². The third-order valence-corrected chi connectivity index (χ3v) is 10.5. The number of esters is 3. The standard InChI is InChI=1S/C58H94O6/c1-4-7-10-13-16-19-22-25-27-29-31-33-36-39-42-45-48-51-57(60)63-54-55(53-62-56(59)50-47-44-41-38-35-24-21-18-15-12-9-6-3)64-58(61)52-49-46-43-40-37-34-32-30-28-26-23-20-17-14-11-8-5-2/h9,12,16-21,25-28,31,33,35,38-39,42,55H,4-8,10-11,13-15,22-24,29-30,32,34,36-37,40-41,43-54H2,1-3H3/b12-9-,19-16-,20-17-,21-18-,27-25-,28-26-,33-31-,38-35-,42-39-. The molecule has 0 aliphatic carbocycles. The number of unbranched alkanes of at least 4 members (excludes halogenated alkanes) is 16. The minimum absolute atomic E-state index is 0.120. The lowest BCUT2D eigenvalue weighted by atomic mass is 10.1. The predicted molar refractivity (Wildman–Crippen MR) is 274 cm³/mol. The van der Waals surface area contributed by atoms with Crippen LogP contribution in [0.2, 0.25) is 0 Å². The van der Waals surface area contributed by atoms with Crippen molar-refractivity contribution in [2.24, 2.45) is 0 Å². The lowest BCUT2D eigenvalue weighted by Gasteiger charge is -2.18. The van der Waals surface area contributed by atoms with Crippen molar-refractivity contribution in [2.45, 2.75) is 226 Å². The first-order valence-corrected chi connectivity index (χ1v) is 25.9. The second-order valence-corrected chi connectivity index (χ2v) is 16.7. The summed E-state index contributed by atoms with van der Waals surface area (Å²) in [4.78, 5) is 37.9. The van der Waals surface area contributed by atoms with E-state index in [1.54, 1.807) is 0 Å². The fourth-order valence-electron chi connectivity index (χ4n) is 6.59. The molecule has 0 bridgehead atoms. The van der Waals surface area contributed by atoms with Crippen molar-refractivity contribution >= 4 is 17.9 Å². The van der Waals surface area contributed by atoms with Crippen LogP contribution >= 0.6 is 0 Å². The van der Waals surface area contributed by atoms with Gasteiger partial charge in [0.05, 0.1) is 0 Å². The van der Waals surface area contributed by atoms with E-state index in [4.69, 9.17) is 14.2 Å². The first-order chi connectivity index (χ1) is 31.5. The van der Waals surface area contributed by atoms with Gasteiger partial charge in [-0.05, 0) is 122 Å². The zero-order chi connectivity index (χ0) is 46.5. The molecule has 0 aromatic carbocycles. The molecule has 0 rings (SSSR count). The largest absolute Gasteiger partial charge is 0.462 e. The van der Waals surface area contributed by atoms with Gasteiger partial charge in [-0.15, -0.1) is 0 Å². The van der Waals surface area contributed by atoms with Crippen molar-refractivity contribution in [3.8, 4) is 0 Å². The van der Waals surface area contributed by atoms with Crippen LogP contribution in [0, 0.1) is 0 Å². The third kappa shape index (κ3) is 49.1. The summed E-state index contributed by atoms with van der Waals surface area (Å²) in [5, 5.41) is 0. The van der Waals surface area contributed by atoms with Gasteiger partial charge in [-0.25, -0.2) is 0 Å². The molecule has 0 heterocycles. The Bertz CT molecular complexity index is 1340. The number of carbonyl (C=O) groups excluding carboxylic acids is 3. The average molecular weight is 887 g/mol. The molecule has 6 nitrogen and oxygen atoms in total. The van der Waals surface area contributed by atoms with Gasteiger partial charge in [0, 0.05) is 19.3 Å². The van der Waals surface area contributed by atoms with Crippen LogP contribution in [0.15, 0.2) is 109 Å². The maximum absolute atomic E-state index is 12.8. The van der Waals surface area contributed by atoms with Gasteiger partial charge < -0.3 is 14.2 Å². The molecule has 0 N–H and O–H groups in total. The predicted octanol–water partition coefficient (Wildman–Crippen LogP) is 17.1. The van der Waals surface area contributed by atoms with E-state index in [2.05, 4.69) is 130 Å². The second-order valence-electron chi connectivity index (χ2n) is 16.7. The van der Waals surface area contributed by atoms with Crippen LogP contribution in [0.3, 0.4) is 0 Å². The van der Waals surface area contributed by atoms with Gasteiger partial charge in [0.25, 0.3) is 0 Å². The quantitative estimate of drug-likeness (QED) is 0.0262. The Hall–Kier alpha value is -3.93. The Morgan fingerprint density at radius 3 is 1.05 bits per heavy atom. The number of hydrogen-bond donors (Lipinski definition) is 0. The Balaban J connectivity index is 4.53. The maximum atomic E-state index is 12.8. The van der Waals surface area contributed by atoms with E-state index in [1.165, 1.54) is 77.0 Å². The lowest BCUT2D eigenvalue weighted by molar-refractivity contribution is -0.167. The van der Waals surface area contributed by atoms with Gasteiger partial charge in [-0.1, -0.05) is 188 Å². The molecule has 1 unspecified atom stereocenters.